The second kappa shape index (κ2) is 9.58. The molecule has 0 radical (unpaired) electrons. The van der Waals surface area contributed by atoms with Crippen molar-refractivity contribution in [3.05, 3.63) is 76.7 Å². The van der Waals surface area contributed by atoms with E-state index in [4.69, 9.17) is 12.2 Å². The molecule has 0 spiro atoms. The molecule has 30 heavy (non-hydrogen) atoms. The third-order valence-electron chi connectivity index (χ3n) is 5.60. The molecule has 154 valence electrons. The number of amides is 2. The molecular weight excluding hydrogens is 412 g/mol. The first-order valence-corrected chi connectivity index (χ1v) is 11.4. The standard InChI is InChI=1S/C24H24N2O2S2/c27-22(25-13-11-20(12-14-25)15-18-7-3-1-4-8-18)17-26-23(28)21(30-24(26)29)16-19-9-5-2-6-10-19/h1-10,16,20H,11-15,17H2/b21-16+. The Balaban J connectivity index is 1.31. The molecule has 0 unspecified atom stereocenters. The van der Waals surface area contributed by atoms with Crippen LogP contribution in [0.1, 0.15) is 24.0 Å². The number of thioether (sulfide) groups is 1. The number of carbonyl (C=O) groups is 2. The van der Waals surface area contributed by atoms with E-state index in [0.717, 1.165) is 37.9 Å². The second-order valence-corrected chi connectivity index (χ2v) is 9.37. The first-order valence-electron chi connectivity index (χ1n) is 10.2. The van der Waals surface area contributed by atoms with Crippen LogP contribution < -0.4 is 0 Å². The lowest BCUT2D eigenvalue weighted by Gasteiger charge is -2.33. The molecule has 0 saturated carbocycles. The van der Waals surface area contributed by atoms with Crippen molar-refractivity contribution in [3.8, 4) is 0 Å². The van der Waals surface area contributed by atoms with Crippen LogP contribution >= 0.6 is 24.0 Å². The lowest BCUT2D eigenvalue weighted by atomic mass is 9.90. The Morgan fingerprint density at radius 1 is 1.03 bits per heavy atom. The van der Waals surface area contributed by atoms with Gasteiger partial charge in [-0.2, -0.15) is 0 Å². The van der Waals surface area contributed by atoms with Crippen LogP contribution in [0.4, 0.5) is 0 Å². The first-order chi connectivity index (χ1) is 14.6. The lowest BCUT2D eigenvalue weighted by molar-refractivity contribution is -0.136. The monoisotopic (exact) mass is 436 g/mol. The van der Waals surface area contributed by atoms with E-state index in [1.165, 1.54) is 22.2 Å². The quantitative estimate of drug-likeness (QED) is 0.516. The highest BCUT2D eigenvalue weighted by atomic mass is 32.2. The minimum atomic E-state index is -0.179. The highest BCUT2D eigenvalue weighted by molar-refractivity contribution is 8.26. The van der Waals surface area contributed by atoms with Crippen molar-refractivity contribution < 1.29 is 9.59 Å². The predicted molar refractivity (Wildman–Crippen MR) is 126 cm³/mol. The number of carbonyl (C=O) groups excluding carboxylic acids is 2. The highest BCUT2D eigenvalue weighted by Gasteiger charge is 2.35. The van der Waals surface area contributed by atoms with Gasteiger partial charge in [-0.15, -0.1) is 0 Å². The van der Waals surface area contributed by atoms with Crippen LogP contribution in [0.5, 0.6) is 0 Å². The topological polar surface area (TPSA) is 40.6 Å². The molecule has 6 heteroatoms. The van der Waals surface area contributed by atoms with Crippen molar-refractivity contribution in [2.75, 3.05) is 19.6 Å². The van der Waals surface area contributed by atoms with Gasteiger partial charge in [0.25, 0.3) is 5.91 Å². The molecule has 0 bridgehead atoms. The molecule has 2 aliphatic heterocycles. The van der Waals surface area contributed by atoms with Gasteiger partial charge in [0, 0.05) is 13.1 Å². The molecule has 0 aliphatic carbocycles. The average Bonchev–Trinajstić information content (AvgIpc) is 3.03. The summed E-state index contributed by atoms with van der Waals surface area (Å²) in [7, 11) is 0. The predicted octanol–water partition coefficient (Wildman–Crippen LogP) is 4.37. The fraction of sp³-hybridized carbons (Fsp3) is 0.292. The number of thiocarbonyl (C=S) groups is 1. The summed E-state index contributed by atoms with van der Waals surface area (Å²) in [5.74, 6) is 0.397. The number of hydrogen-bond acceptors (Lipinski definition) is 4. The van der Waals surface area contributed by atoms with Crippen LogP contribution in [0, 0.1) is 5.92 Å². The molecule has 0 aromatic heterocycles. The molecule has 0 N–H and O–H groups in total. The fourth-order valence-corrected chi connectivity index (χ4v) is 5.16. The van der Waals surface area contributed by atoms with Crippen molar-refractivity contribution in [3.63, 3.8) is 0 Å². The van der Waals surface area contributed by atoms with E-state index < -0.39 is 0 Å². The van der Waals surface area contributed by atoms with Gasteiger partial charge in [0.05, 0.1) is 4.91 Å². The number of hydrogen-bond donors (Lipinski definition) is 0. The number of rotatable bonds is 5. The van der Waals surface area contributed by atoms with E-state index in [9.17, 15) is 9.59 Å². The average molecular weight is 437 g/mol. The molecule has 2 aromatic rings. The Morgan fingerprint density at radius 2 is 1.67 bits per heavy atom. The van der Waals surface area contributed by atoms with Gasteiger partial charge in [0.2, 0.25) is 5.91 Å². The van der Waals surface area contributed by atoms with Gasteiger partial charge in [-0.05, 0) is 42.4 Å². The van der Waals surface area contributed by atoms with Gasteiger partial charge in [0.15, 0.2) is 0 Å². The maximum Gasteiger partial charge on any atom is 0.266 e. The number of likely N-dealkylation sites (tertiary alicyclic amines) is 1. The second-order valence-electron chi connectivity index (χ2n) is 7.69. The summed E-state index contributed by atoms with van der Waals surface area (Å²) in [5.41, 5.74) is 2.30. The van der Waals surface area contributed by atoms with Gasteiger partial charge in [-0.25, -0.2) is 0 Å². The molecular formula is C24H24N2O2S2. The van der Waals surface area contributed by atoms with E-state index in [1.807, 2.05) is 47.4 Å². The molecule has 2 saturated heterocycles. The van der Waals surface area contributed by atoms with Crippen LogP contribution in [-0.4, -0.2) is 45.6 Å². The third-order valence-corrected chi connectivity index (χ3v) is 6.98. The first kappa shape index (κ1) is 20.8. The van der Waals surface area contributed by atoms with Gasteiger partial charge < -0.3 is 4.90 Å². The van der Waals surface area contributed by atoms with E-state index in [0.29, 0.717) is 15.1 Å². The normalized spacial score (nSPS) is 19.0. The summed E-state index contributed by atoms with van der Waals surface area (Å²) in [4.78, 5) is 29.5. The molecule has 2 amide bonds. The molecule has 2 aromatic carbocycles. The summed E-state index contributed by atoms with van der Waals surface area (Å²) in [6, 6.07) is 20.2. The Hall–Kier alpha value is -2.44. The van der Waals surface area contributed by atoms with Gasteiger partial charge in [0.1, 0.15) is 10.9 Å². The molecule has 2 fully saturated rings. The Morgan fingerprint density at radius 3 is 2.33 bits per heavy atom. The van der Waals surface area contributed by atoms with Gasteiger partial charge in [-0.3, -0.25) is 14.5 Å². The minimum absolute atomic E-state index is 0.0228. The lowest BCUT2D eigenvalue weighted by Crippen LogP contribution is -2.45. The van der Waals surface area contributed by atoms with E-state index in [2.05, 4.69) is 24.3 Å². The summed E-state index contributed by atoms with van der Waals surface area (Å²) in [5, 5.41) is 0. The highest BCUT2D eigenvalue weighted by Crippen LogP contribution is 2.32. The summed E-state index contributed by atoms with van der Waals surface area (Å²) in [6.07, 6.45) is 4.88. The van der Waals surface area contributed by atoms with Crippen LogP contribution in [-0.2, 0) is 16.0 Å². The van der Waals surface area contributed by atoms with Crippen LogP contribution in [0.15, 0.2) is 65.6 Å². The largest absolute Gasteiger partial charge is 0.341 e. The van der Waals surface area contributed by atoms with Crippen molar-refractivity contribution >= 4 is 46.2 Å². The zero-order chi connectivity index (χ0) is 20.9. The summed E-state index contributed by atoms with van der Waals surface area (Å²) >= 11 is 6.64. The summed E-state index contributed by atoms with van der Waals surface area (Å²) < 4.78 is 0.453. The maximum atomic E-state index is 12.8. The smallest absolute Gasteiger partial charge is 0.266 e. The zero-order valence-corrected chi connectivity index (χ0v) is 18.3. The molecule has 0 atom stereocenters. The Bertz CT molecular complexity index is 952. The molecule has 2 aliphatic rings. The van der Waals surface area contributed by atoms with E-state index in [-0.39, 0.29) is 18.4 Å². The van der Waals surface area contributed by atoms with Crippen molar-refractivity contribution in [1.82, 2.24) is 9.80 Å². The summed E-state index contributed by atoms with van der Waals surface area (Å²) in [6.45, 7) is 1.51. The zero-order valence-electron chi connectivity index (χ0n) is 16.7. The third kappa shape index (κ3) is 4.99. The van der Waals surface area contributed by atoms with Crippen LogP contribution in [0.25, 0.3) is 6.08 Å². The van der Waals surface area contributed by atoms with Crippen molar-refractivity contribution in [1.29, 1.82) is 0 Å². The van der Waals surface area contributed by atoms with E-state index in [1.54, 1.807) is 0 Å². The van der Waals surface area contributed by atoms with Crippen LogP contribution in [0.3, 0.4) is 0 Å². The number of nitrogens with zero attached hydrogens (tertiary/aromatic N) is 2. The van der Waals surface area contributed by atoms with E-state index >= 15 is 0 Å². The number of piperidine rings is 1. The SMILES string of the molecule is O=C(CN1C(=O)/C(=C\c2ccccc2)SC1=S)N1CCC(Cc2ccccc2)CC1. The maximum absolute atomic E-state index is 12.8. The Labute approximate surface area is 186 Å². The van der Waals surface area contributed by atoms with Gasteiger partial charge in [-0.1, -0.05) is 84.6 Å². The van der Waals surface area contributed by atoms with Crippen molar-refractivity contribution in [2.24, 2.45) is 5.92 Å². The Kier molecular flexibility index (Phi) is 6.65. The van der Waals surface area contributed by atoms with Crippen LogP contribution in [0.2, 0.25) is 0 Å². The fourth-order valence-electron chi connectivity index (χ4n) is 3.91. The molecule has 2 heterocycles. The molecule has 4 nitrogen and oxygen atoms in total. The molecule has 4 rings (SSSR count). The van der Waals surface area contributed by atoms with Gasteiger partial charge >= 0.3 is 0 Å². The van der Waals surface area contributed by atoms with Crippen molar-refractivity contribution in [2.45, 2.75) is 19.3 Å². The minimum Gasteiger partial charge on any atom is -0.341 e. The number of benzene rings is 2.